The van der Waals surface area contributed by atoms with Crippen LogP contribution in [0.1, 0.15) is 12.5 Å². The fraction of sp³-hybridized carbons (Fsp3) is 0.133. The first-order valence-corrected chi connectivity index (χ1v) is 6.62. The Kier molecular flexibility index (Phi) is 3.35. The largest absolute Gasteiger partial charge is 0.399 e. The zero-order valence-corrected chi connectivity index (χ0v) is 11.5. The number of nitrogen functional groups attached to an aromatic ring is 1. The standard InChI is InChI=1S/C15H14FN5/c1-2-10-4-3-5-12(8-10)21-15(18-19-20-21)13-7-6-11(17)9-14(13)16/h3-9H,2,17H2,1H3. The van der Waals surface area contributed by atoms with Crippen LogP contribution in [0.15, 0.2) is 42.5 Å². The van der Waals surface area contributed by atoms with Gasteiger partial charge in [0.25, 0.3) is 0 Å². The van der Waals surface area contributed by atoms with E-state index in [0.717, 1.165) is 17.7 Å². The third-order valence-electron chi connectivity index (χ3n) is 3.27. The first-order chi connectivity index (χ1) is 10.2. The van der Waals surface area contributed by atoms with E-state index in [1.54, 1.807) is 12.1 Å². The molecule has 0 bridgehead atoms. The molecule has 0 spiro atoms. The van der Waals surface area contributed by atoms with Crippen LogP contribution in [0.2, 0.25) is 0 Å². The molecule has 0 atom stereocenters. The minimum atomic E-state index is -0.447. The number of rotatable bonds is 3. The lowest BCUT2D eigenvalue weighted by Crippen LogP contribution is -2.02. The van der Waals surface area contributed by atoms with Crippen LogP contribution in [0.5, 0.6) is 0 Å². The molecule has 0 radical (unpaired) electrons. The molecule has 5 nitrogen and oxygen atoms in total. The summed E-state index contributed by atoms with van der Waals surface area (Å²) in [6.07, 6.45) is 0.904. The number of anilines is 1. The number of nitrogens with zero attached hydrogens (tertiary/aromatic N) is 4. The summed E-state index contributed by atoms with van der Waals surface area (Å²) in [5.41, 5.74) is 8.21. The lowest BCUT2D eigenvalue weighted by Gasteiger charge is -2.07. The summed E-state index contributed by atoms with van der Waals surface area (Å²) in [5.74, 6) is -0.0987. The SMILES string of the molecule is CCc1cccc(-n2nnnc2-c2ccc(N)cc2F)c1. The van der Waals surface area contributed by atoms with Gasteiger partial charge in [0, 0.05) is 5.69 Å². The highest BCUT2D eigenvalue weighted by atomic mass is 19.1. The van der Waals surface area contributed by atoms with Crippen molar-refractivity contribution in [3.8, 4) is 17.1 Å². The third-order valence-corrected chi connectivity index (χ3v) is 3.27. The van der Waals surface area contributed by atoms with E-state index in [9.17, 15) is 4.39 Å². The van der Waals surface area contributed by atoms with E-state index in [0.29, 0.717) is 17.1 Å². The van der Waals surface area contributed by atoms with Crippen molar-refractivity contribution in [2.45, 2.75) is 13.3 Å². The van der Waals surface area contributed by atoms with Crippen molar-refractivity contribution in [2.75, 3.05) is 5.73 Å². The number of aryl methyl sites for hydroxylation is 1. The van der Waals surface area contributed by atoms with Crippen LogP contribution in [-0.4, -0.2) is 20.2 Å². The minimum absolute atomic E-state index is 0.316. The number of halogens is 1. The van der Waals surface area contributed by atoms with Crippen LogP contribution >= 0.6 is 0 Å². The minimum Gasteiger partial charge on any atom is -0.399 e. The Morgan fingerprint density at radius 2 is 2.05 bits per heavy atom. The summed E-state index contributed by atoms with van der Waals surface area (Å²) >= 11 is 0. The molecule has 0 unspecified atom stereocenters. The molecule has 21 heavy (non-hydrogen) atoms. The molecule has 0 saturated carbocycles. The average Bonchev–Trinajstić information content (AvgIpc) is 2.96. The zero-order valence-electron chi connectivity index (χ0n) is 11.5. The highest BCUT2D eigenvalue weighted by Crippen LogP contribution is 2.24. The van der Waals surface area contributed by atoms with E-state index in [1.807, 2.05) is 24.3 Å². The van der Waals surface area contributed by atoms with Crippen LogP contribution in [0.4, 0.5) is 10.1 Å². The highest BCUT2D eigenvalue weighted by Gasteiger charge is 2.15. The summed E-state index contributed by atoms with van der Waals surface area (Å²) in [6, 6.07) is 12.3. The van der Waals surface area contributed by atoms with Crippen molar-refractivity contribution < 1.29 is 4.39 Å². The van der Waals surface area contributed by atoms with Gasteiger partial charge in [-0.25, -0.2) is 4.39 Å². The van der Waals surface area contributed by atoms with Gasteiger partial charge >= 0.3 is 0 Å². The number of benzene rings is 2. The highest BCUT2D eigenvalue weighted by molar-refractivity contribution is 5.61. The predicted molar refractivity (Wildman–Crippen MR) is 78.3 cm³/mol. The van der Waals surface area contributed by atoms with Crippen LogP contribution in [-0.2, 0) is 6.42 Å². The summed E-state index contributed by atoms with van der Waals surface area (Å²) in [4.78, 5) is 0. The van der Waals surface area contributed by atoms with Crippen molar-refractivity contribution >= 4 is 5.69 Å². The maximum Gasteiger partial charge on any atom is 0.190 e. The topological polar surface area (TPSA) is 69.6 Å². The molecule has 3 aromatic rings. The molecule has 3 rings (SSSR count). The van der Waals surface area contributed by atoms with Gasteiger partial charge in [-0.05, 0) is 52.7 Å². The summed E-state index contributed by atoms with van der Waals surface area (Å²) in [5, 5.41) is 11.5. The molecule has 1 aromatic heterocycles. The van der Waals surface area contributed by atoms with Gasteiger partial charge in [0.2, 0.25) is 0 Å². The van der Waals surface area contributed by atoms with Gasteiger partial charge < -0.3 is 5.73 Å². The zero-order chi connectivity index (χ0) is 14.8. The molecule has 0 amide bonds. The first-order valence-electron chi connectivity index (χ1n) is 6.62. The fourth-order valence-corrected chi connectivity index (χ4v) is 2.15. The van der Waals surface area contributed by atoms with E-state index in [-0.39, 0.29) is 0 Å². The Bertz CT molecular complexity index is 781. The Morgan fingerprint density at radius 3 is 2.81 bits per heavy atom. The molecule has 1 heterocycles. The quantitative estimate of drug-likeness (QED) is 0.750. The third kappa shape index (κ3) is 2.47. The second kappa shape index (κ2) is 5.32. The number of hydrogen-bond acceptors (Lipinski definition) is 4. The van der Waals surface area contributed by atoms with E-state index in [1.165, 1.54) is 10.7 Å². The van der Waals surface area contributed by atoms with Crippen molar-refractivity contribution in [1.82, 2.24) is 20.2 Å². The van der Waals surface area contributed by atoms with Crippen molar-refractivity contribution in [2.24, 2.45) is 0 Å². The van der Waals surface area contributed by atoms with E-state index in [2.05, 4.69) is 22.4 Å². The van der Waals surface area contributed by atoms with Gasteiger partial charge in [0.1, 0.15) is 5.82 Å². The maximum atomic E-state index is 14.1. The van der Waals surface area contributed by atoms with Crippen molar-refractivity contribution in [3.63, 3.8) is 0 Å². The van der Waals surface area contributed by atoms with Gasteiger partial charge in [0.05, 0.1) is 11.3 Å². The molecule has 2 N–H and O–H groups in total. The van der Waals surface area contributed by atoms with Gasteiger partial charge in [-0.2, -0.15) is 4.68 Å². The Labute approximate surface area is 121 Å². The van der Waals surface area contributed by atoms with Gasteiger partial charge in [-0.3, -0.25) is 0 Å². The molecule has 0 fully saturated rings. The number of aromatic nitrogens is 4. The second-order valence-corrected chi connectivity index (χ2v) is 4.68. The van der Waals surface area contributed by atoms with Crippen LogP contribution < -0.4 is 5.73 Å². The molecule has 2 aromatic carbocycles. The molecule has 0 aliphatic carbocycles. The Hall–Kier alpha value is -2.76. The number of tetrazole rings is 1. The second-order valence-electron chi connectivity index (χ2n) is 4.68. The van der Waals surface area contributed by atoms with E-state index in [4.69, 9.17) is 5.73 Å². The maximum absolute atomic E-state index is 14.1. The lowest BCUT2D eigenvalue weighted by molar-refractivity contribution is 0.629. The van der Waals surface area contributed by atoms with E-state index < -0.39 is 5.82 Å². The van der Waals surface area contributed by atoms with Gasteiger partial charge in [0.15, 0.2) is 5.82 Å². The van der Waals surface area contributed by atoms with Crippen LogP contribution in [0, 0.1) is 5.82 Å². The van der Waals surface area contributed by atoms with Gasteiger partial charge in [-0.1, -0.05) is 19.1 Å². The monoisotopic (exact) mass is 283 g/mol. The van der Waals surface area contributed by atoms with E-state index >= 15 is 0 Å². The van der Waals surface area contributed by atoms with Crippen LogP contribution in [0.3, 0.4) is 0 Å². The molecule has 0 saturated heterocycles. The number of hydrogen-bond donors (Lipinski definition) is 1. The van der Waals surface area contributed by atoms with Crippen molar-refractivity contribution in [1.29, 1.82) is 0 Å². The Balaban J connectivity index is 2.12. The normalized spacial score (nSPS) is 10.8. The summed E-state index contributed by atoms with van der Waals surface area (Å²) in [7, 11) is 0. The molecular formula is C15H14FN5. The average molecular weight is 283 g/mol. The number of nitrogens with two attached hydrogens (primary N) is 1. The molecule has 6 heteroatoms. The first kappa shape index (κ1) is 13.2. The molecule has 0 aliphatic rings. The Morgan fingerprint density at radius 1 is 1.19 bits per heavy atom. The van der Waals surface area contributed by atoms with Crippen molar-refractivity contribution in [3.05, 3.63) is 53.8 Å². The lowest BCUT2D eigenvalue weighted by atomic mass is 10.1. The molecule has 0 aliphatic heterocycles. The predicted octanol–water partition coefficient (Wildman–Crippen LogP) is 2.61. The fourth-order valence-electron chi connectivity index (χ4n) is 2.15. The van der Waals surface area contributed by atoms with Crippen LogP contribution in [0.25, 0.3) is 17.1 Å². The summed E-state index contributed by atoms with van der Waals surface area (Å²) in [6.45, 7) is 2.07. The smallest absolute Gasteiger partial charge is 0.190 e. The molecule has 106 valence electrons. The molecular weight excluding hydrogens is 269 g/mol. The van der Waals surface area contributed by atoms with Gasteiger partial charge in [-0.15, -0.1) is 5.10 Å². The summed E-state index contributed by atoms with van der Waals surface area (Å²) < 4.78 is 15.6.